The normalized spacial score (nSPS) is 17.9. The maximum Gasteiger partial charge on any atom is 0.303 e. The number of hydrogen-bond donors (Lipinski definition) is 0. The first kappa shape index (κ1) is 20.9. The predicted octanol–water partition coefficient (Wildman–Crippen LogP) is 3.81. The fourth-order valence-electron chi connectivity index (χ4n) is 3.80. The van der Waals surface area contributed by atoms with E-state index < -0.39 is 11.7 Å². The lowest BCUT2D eigenvalue weighted by Crippen LogP contribution is -2.45. The van der Waals surface area contributed by atoms with Crippen molar-refractivity contribution in [1.82, 2.24) is 29.6 Å². The van der Waals surface area contributed by atoms with Crippen LogP contribution in [0.3, 0.4) is 0 Å². The summed E-state index contributed by atoms with van der Waals surface area (Å²) in [6.07, 6.45) is 3.84. The Morgan fingerprint density at radius 1 is 1.23 bits per heavy atom. The highest BCUT2D eigenvalue weighted by Gasteiger charge is 2.30. The first-order valence-electron chi connectivity index (χ1n) is 9.83. The smallest absolute Gasteiger partial charge is 0.303 e. The highest BCUT2D eigenvalue weighted by atomic mass is 35.5. The molecule has 1 unspecified atom stereocenters. The third-order valence-corrected chi connectivity index (χ3v) is 5.60. The number of piperidine rings is 1. The number of halogens is 3. The van der Waals surface area contributed by atoms with Crippen LogP contribution >= 0.6 is 11.6 Å². The molecule has 1 fully saturated rings. The van der Waals surface area contributed by atoms with Crippen LogP contribution in [0.4, 0.5) is 14.6 Å². The van der Waals surface area contributed by atoms with Crippen LogP contribution in [-0.2, 0) is 5.92 Å². The summed E-state index contributed by atoms with van der Waals surface area (Å²) in [4.78, 5) is 16.7. The van der Waals surface area contributed by atoms with Crippen molar-refractivity contribution in [3.05, 3.63) is 35.0 Å². The van der Waals surface area contributed by atoms with Crippen LogP contribution in [0.25, 0.3) is 16.7 Å². The Morgan fingerprint density at radius 3 is 2.70 bits per heavy atom. The van der Waals surface area contributed by atoms with Crippen LogP contribution < -0.4 is 4.90 Å². The highest BCUT2D eigenvalue weighted by Crippen LogP contribution is 2.32. The molecule has 4 rings (SSSR count). The maximum absolute atomic E-state index is 13.9. The molecule has 3 aromatic rings. The van der Waals surface area contributed by atoms with E-state index >= 15 is 0 Å². The van der Waals surface area contributed by atoms with Crippen LogP contribution in [0.2, 0.25) is 5.15 Å². The minimum atomic E-state index is -3.16. The molecule has 1 aliphatic heterocycles. The Bertz CT molecular complexity index is 1080. The summed E-state index contributed by atoms with van der Waals surface area (Å²) in [7, 11) is 4.14. The van der Waals surface area contributed by atoms with Crippen LogP contribution in [-0.4, -0.2) is 62.9 Å². The zero-order chi connectivity index (χ0) is 21.6. The first-order valence-corrected chi connectivity index (χ1v) is 10.2. The summed E-state index contributed by atoms with van der Waals surface area (Å²) in [5, 5.41) is 5.88. The van der Waals surface area contributed by atoms with E-state index in [0.29, 0.717) is 22.4 Å². The average molecular weight is 436 g/mol. The van der Waals surface area contributed by atoms with Gasteiger partial charge >= 0.3 is 5.92 Å². The second-order valence-corrected chi connectivity index (χ2v) is 8.43. The Morgan fingerprint density at radius 2 is 2.00 bits per heavy atom. The van der Waals surface area contributed by atoms with Gasteiger partial charge in [0.2, 0.25) is 5.82 Å². The molecule has 3 aromatic heterocycles. The summed E-state index contributed by atoms with van der Waals surface area (Å²) < 4.78 is 29.4. The summed E-state index contributed by atoms with van der Waals surface area (Å²) in [5.74, 6) is -2.66. The molecule has 30 heavy (non-hydrogen) atoms. The molecule has 10 heteroatoms. The van der Waals surface area contributed by atoms with Crippen molar-refractivity contribution < 1.29 is 8.78 Å². The van der Waals surface area contributed by atoms with Crippen molar-refractivity contribution in [3.63, 3.8) is 0 Å². The predicted molar refractivity (Wildman–Crippen MR) is 113 cm³/mol. The van der Waals surface area contributed by atoms with Gasteiger partial charge in [-0.25, -0.2) is 19.6 Å². The standard InChI is InChI=1S/C20H24ClF2N7/c1-12-8-17(26-19(25-12)20(2,22)23)30-15-9-16(21)24-10-14(15)18(27-30)29-7-5-6-13(11-29)28(3)4/h8-10,13H,5-7,11H2,1-4H3. The quantitative estimate of drug-likeness (QED) is 0.580. The van der Waals surface area contributed by atoms with Gasteiger partial charge in [-0.1, -0.05) is 11.6 Å². The van der Waals surface area contributed by atoms with Gasteiger partial charge in [0.15, 0.2) is 11.6 Å². The summed E-state index contributed by atoms with van der Waals surface area (Å²) in [6.45, 7) is 4.13. The molecule has 0 amide bonds. The minimum Gasteiger partial charge on any atom is -0.353 e. The van der Waals surface area contributed by atoms with Crippen molar-refractivity contribution in [2.75, 3.05) is 32.1 Å². The Kier molecular flexibility index (Phi) is 5.36. The third kappa shape index (κ3) is 3.96. The fraction of sp³-hybridized carbons (Fsp3) is 0.500. The second kappa shape index (κ2) is 7.70. The Labute approximate surface area is 178 Å². The molecule has 0 aliphatic carbocycles. The van der Waals surface area contributed by atoms with Crippen LogP contribution in [0.15, 0.2) is 18.3 Å². The molecular formula is C20H24ClF2N7. The largest absolute Gasteiger partial charge is 0.353 e. The maximum atomic E-state index is 13.9. The lowest BCUT2D eigenvalue weighted by molar-refractivity contribution is 0.00747. The molecule has 0 saturated carbocycles. The van der Waals surface area contributed by atoms with Gasteiger partial charge in [-0.05, 0) is 33.9 Å². The monoisotopic (exact) mass is 435 g/mol. The topological polar surface area (TPSA) is 63.0 Å². The molecule has 1 saturated heterocycles. The number of rotatable bonds is 4. The fourth-order valence-corrected chi connectivity index (χ4v) is 3.96. The number of aryl methyl sites for hydroxylation is 1. The molecule has 1 atom stereocenters. The number of pyridine rings is 1. The molecule has 0 spiro atoms. The van der Waals surface area contributed by atoms with Crippen LogP contribution in [0, 0.1) is 6.92 Å². The minimum absolute atomic E-state index is 0.277. The van der Waals surface area contributed by atoms with E-state index in [1.807, 2.05) is 0 Å². The zero-order valence-corrected chi connectivity index (χ0v) is 18.2. The van der Waals surface area contributed by atoms with Gasteiger partial charge in [0.25, 0.3) is 0 Å². The Hall–Kier alpha value is -2.39. The van der Waals surface area contributed by atoms with Gasteiger partial charge in [-0.15, -0.1) is 5.10 Å². The summed E-state index contributed by atoms with van der Waals surface area (Å²) >= 11 is 6.15. The zero-order valence-electron chi connectivity index (χ0n) is 17.4. The van der Waals surface area contributed by atoms with Crippen LogP contribution in [0.5, 0.6) is 0 Å². The number of likely N-dealkylation sites (N-methyl/N-ethyl adjacent to an activating group) is 1. The average Bonchev–Trinajstić information content (AvgIpc) is 3.05. The number of alkyl halides is 2. The van der Waals surface area contributed by atoms with Gasteiger partial charge < -0.3 is 9.80 Å². The first-order chi connectivity index (χ1) is 14.1. The molecule has 1 aliphatic rings. The third-order valence-electron chi connectivity index (χ3n) is 5.39. The summed E-state index contributed by atoms with van der Waals surface area (Å²) in [5.41, 5.74) is 1.10. The molecule has 0 N–H and O–H groups in total. The van der Waals surface area contributed by atoms with Crippen molar-refractivity contribution in [2.45, 2.75) is 38.7 Å². The molecular weight excluding hydrogens is 412 g/mol. The van der Waals surface area contributed by atoms with E-state index in [2.05, 4.69) is 38.8 Å². The van der Waals surface area contributed by atoms with Crippen molar-refractivity contribution >= 4 is 28.3 Å². The van der Waals surface area contributed by atoms with Crippen molar-refractivity contribution in [2.24, 2.45) is 0 Å². The second-order valence-electron chi connectivity index (χ2n) is 8.04. The number of anilines is 1. The van der Waals surface area contributed by atoms with Gasteiger partial charge in [0.1, 0.15) is 5.15 Å². The number of fused-ring (bicyclic) bond motifs is 1. The van der Waals surface area contributed by atoms with E-state index in [9.17, 15) is 8.78 Å². The molecule has 0 bridgehead atoms. The lowest BCUT2D eigenvalue weighted by atomic mass is 10.0. The van der Waals surface area contributed by atoms with Crippen molar-refractivity contribution in [3.8, 4) is 5.82 Å². The molecule has 7 nitrogen and oxygen atoms in total. The number of nitrogens with zero attached hydrogens (tertiary/aromatic N) is 7. The van der Waals surface area contributed by atoms with Crippen molar-refractivity contribution in [1.29, 1.82) is 0 Å². The van der Waals surface area contributed by atoms with E-state index in [4.69, 9.17) is 16.7 Å². The molecule has 0 aromatic carbocycles. The van der Waals surface area contributed by atoms with Gasteiger partial charge in [-0.2, -0.15) is 8.78 Å². The van der Waals surface area contributed by atoms with Crippen LogP contribution in [0.1, 0.15) is 31.3 Å². The van der Waals surface area contributed by atoms with Gasteiger partial charge in [0, 0.05) is 50.1 Å². The van der Waals surface area contributed by atoms with Gasteiger partial charge in [-0.3, -0.25) is 0 Å². The highest BCUT2D eigenvalue weighted by molar-refractivity contribution is 6.30. The lowest BCUT2D eigenvalue weighted by Gasteiger charge is -2.36. The Balaban J connectivity index is 1.86. The summed E-state index contributed by atoms with van der Waals surface area (Å²) in [6, 6.07) is 3.73. The van der Waals surface area contributed by atoms with E-state index in [0.717, 1.165) is 44.1 Å². The number of aromatic nitrogens is 5. The SMILES string of the molecule is Cc1cc(-n2nc(N3CCCC(N(C)C)C3)c3cnc(Cl)cc32)nc(C(C)(F)F)n1. The van der Waals surface area contributed by atoms with E-state index in [1.54, 1.807) is 29.9 Å². The molecule has 160 valence electrons. The van der Waals surface area contributed by atoms with E-state index in [-0.39, 0.29) is 5.82 Å². The van der Waals surface area contributed by atoms with Gasteiger partial charge in [0.05, 0.1) is 10.9 Å². The van der Waals surface area contributed by atoms with E-state index in [1.165, 1.54) is 0 Å². The molecule has 4 heterocycles. The molecule has 0 radical (unpaired) electrons. The number of hydrogen-bond acceptors (Lipinski definition) is 6.